The molecule has 4 nitrogen and oxygen atoms in total. The third-order valence-electron chi connectivity index (χ3n) is 2.83. The number of halogens is 3. The predicted molar refractivity (Wildman–Crippen MR) is 70.6 cm³/mol. The lowest BCUT2D eigenvalue weighted by Crippen LogP contribution is -2.10. The van der Waals surface area contributed by atoms with Crippen molar-refractivity contribution >= 4 is 5.97 Å². The van der Waals surface area contributed by atoms with Crippen LogP contribution in [0.15, 0.2) is 48.5 Å². The van der Waals surface area contributed by atoms with E-state index >= 15 is 0 Å². The third-order valence-corrected chi connectivity index (χ3v) is 2.83. The van der Waals surface area contributed by atoms with Crippen LogP contribution in [0, 0.1) is 0 Å². The van der Waals surface area contributed by atoms with Crippen molar-refractivity contribution in [2.24, 2.45) is 0 Å². The summed E-state index contributed by atoms with van der Waals surface area (Å²) in [6.45, 7) is 0. The van der Waals surface area contributed by atoms with E-state index in [-0.39, 0.29) is 17.1 Å². The maximum absolute atomic E-state index is 12.6. The molecular formula is C15H11F3O4. The van der Waals surface area contributed by atoms with E-state index < -0.39 is 23.8 Å². The van der Waals surface area contributed by atoms with Crippen LogP contribution >= 0.6 is 0 Å². The molecule has 0 heterocycles. The van der Waals surface area contributed by atoms with Gasteiger partial charge in [0.05, 0.1) is 5.56 Å². The largest absolute Gasteiger partial charge is 0.479 e. The number of rotatable bonds is 4. The highest BCUT2D eigenvalue weighted by atomic mass is 19.4. The van der Waals surface area contributed by atoms with Crippen LogP contribution < -0.4 is 4.74 Å². The first-order valence-electron chi connectivity index (χ1n) is 6.13. The van der Waals surface area contributed by atoms with Gasteiger partial charge in [-0.1, -0.05) is 18.2 Å². The maximum Gasteiger partial charge on any atom is 0.416 e. The number of ether oxygens (including phenoxy) is 1. The summed E-state index contributed by atoms with van der Waals surface area (Å²) >= 11 is 0. The van der Waals surface area contributed by atoms with Gasteiger partial charge in [-0.25, -0.2) is 4.79 Å². The van der Waals surface area contributed by atoms with Crippen molar-refractivity contribution in [2.45, 2.75) is 12.3 Å². The number of alkyl halides is 3. The fraction of sp³-hybridized carbons (Fsp3) is 0.133. The number of hydrogen-bond donors (Lipinski definition) is 2. The van der Waals surface area contributed by atoms with Gasteiger partial charge in [-0.2, -0.15) is 13.2 Å². The number of aliphatic carboxylic acids is 1. The second-order valence-electron chi connectivity index (χ2n) is 4.44. The average Bonchev–Trinajstić information content (AvgIpc) is 2.46. The zero-order valence-electron chi connectivity index (χ0n) is 11.0. The smallest absolute Gasteiger partial charge is 0.416 e. The number of carbonyl (C=O) groups is 1. The average molecular weight is 312 g/mol. The molecule has 7 heteroatoms. The summed E-state index contributed by atoms with van der Waals surface area (Å²) in [7, 11) is 0. The summed E-state index contributed by atoms with van der Waals surface area (Å²) in [6, 6.07) is 9.75. The molecule has 2 rings (SSSR count). The van der Waals surface area contributed by atoms with Gasteiger partial charge in [-0.15, -0.1) is 0 Å². The lowest BCUT2D eigenvalue weighted by atomic mass is 10.1. The summed E-state index contributed by atoms with van der Waals surface area (Å²) in [5, 5.41) is 18.0. The standard InChI is InChI=1S/C15H11F3O4/c16-15(17,18)10-2-1-3-12(8-10)22-11-6-4-9(5-7-11)13(19)14(20)21/h1-8,13,19H,(H,20,21). The minimum Gasteiger partial charge on any atom is -0.479 e. The van der Waals surface area contributed by atoms with Gasteiger partial charge in [0.25, 0.3) is 0 Å². The molecule has 22 heavy (non-hydrogen) atoms. The highest BCUT2D eigenvalue weighted by molar-refractivity contribution is 5.74. The van der Waals surface area contributed by atoms with Gasteiger partial charge in [0.1, 0.15) is 11.5 Å². The van der Waals surface area contributed by atoms with Crippen LogP contribution in [0.1, 0.15) is 17.2 Å². The molecule has 0 bridgehead atoms. The predicted octanol–water partition coefficient (Wildman–Crippen LogP) is 3.62. The molecule has 0 radical (unpaired) electrons. The fourth-order valence-corrected chi connectivity index (χ4v) is 1.73. The van der Waals surface area contributed by atoms with Crippen molar-refractivity contribution < 1.29 is 32.9 Å². The zero-order chi connectivity index (χ0) is 16.3. The first-order chi connectivity index (χ1) is 10.3. The number of benzene rings is 2. The lowest BCUT2D eigenvalue weighted by molar-refractivity contribution is -0.147. The Hall–Kier alpha value is -2.54. The van der Waals surface area contributed by atoms with Crippen LogP contribution in [0.5, 0.6) is 11.5 Å². The summed E-state index contributed by atoms with van der Waals surface area (Å²) in [5.74, 6) is -1.17. The van der Waals surface area contributed by atoms with Crippen molar-refractivity contribution in [3.63, 3.8) is 0 Å². The number of aliphatic hydroxyl groups is 1. The molecule has 1 unspecified atom stereocenters. The van der Waals surface area contributed by atoms with Crippen LogP contribution in [0.4, 0.5) is 13.2 Å². The van der Waals surface area contributed by atoms with Gasteiger partial charge in [0, 0.05) is 0 Å². The number of hydrogen-bond acceptors (Lipinski definition) is 3. The second kappa shape index (κ2) is 6.07. The third kappa shape index (κ3) is 3.76. The van der Waals surface area contributed by atoms with Crippen LogP contribution in [0.2, 0.25) is 0 Å². The highest BCUT2D eigenvalue weighted by Crippen LogP contribution is 2.32. The summed E-state index contributed by atoms with van der Waals surface area (Å²) < 4.78 is 43.0. The van der Waals surface area contributed by atoms with Crippen LogP contribution in [-0.4, -0.2) is 16.2 Å². The molecule has 1 atom stereocenters. The first-order valence-corrected chi connectivity index (χ1v) is 6.13. The molecule has 0 aliphatic carbocycles. The molecule has 0 aromatic heterocycles. The van der Waals surface area contributed by atoms with E-state index in [1.54, 1.807) is 0 Å². The molecule has 2 N–H and O–H groups in total. The maximum atomic E-state index is 12.6. The van der Waals surface area contributed by atoms with Gasteiger partial charge in [-0.05, 0) is 35.9 Å². The molecule has 2 aromatic carbocycles. The van der Waals surface area contributed by atoms with E-state index in [1.807, 2.05) is 0 Å². The molecule has 0 saturated heterocycles. The van der Waals surface area contributed by atoms with E-state index in [0.717, 1.165) is 12.1 Å². The molecule has 0 fully saturated rings. The summed E-state index contributed by atoms with van der Waals surface area (Å²) in [4.78, 5) is 10.6. The minimum absolute atomic E-state index is 0.00126. The fourth-order valence-electron chi connectivity index (χ4n) is 1.73. The van der Waals surface area contributed by atoms with E-state index in [4.69, 9.17) is 9.84 Å². The Bertz CT molecular complexity index is 665. The molecule has 0 spiro atoms. The van der Waals surface area contributed by atoms with Crippen LogP contribution in [0.25, 0.3) is 0 Å². The van der Waals surface area contributed by atoms with Gasteiger partial charge in [0.2, 0.25) is 0 Å². The summed E-state index contributed by atoms with van der Waals surface area (Å²) in [5.41, 5.74) is -0.688. The molecule has 0 aliphatic rings. The first kappa shape index (κ1) is 15.8. The Morgan fingerprint density at radius 3 is 2.23 bits per heavy atom. The number of carboxylic acid groups (broad SMARTS) is 1. The quantitative estimate of drug-likeness (QED) is 0.905. The van der Waals surface area contributed by atoms with Crippen LogP contribution in [0.3, 0.4) is 0 Å². The van der Waals surface area contributed by atoms with Crippen molar-refractivity contribution in [3.8, 4) is 11.5 Å². The Labute approximate surface area is 123 Å². The molecule has 0 saturated carbocycles. The van der Waals surface area contributed by atoms with Gasteiger partial charge >= 0.3 is 12.1 Å². The Balaban J connectivity index is 2.16. The van der Waals surface area contributed by atoms with Crippen molar-refractivity contribution in [3.05, 3.63) is 59.7 Å². The van der Waals surface area contributed by atoms with E-state index in [9.17, 15) is 23.1 Å². The van der Waals surface area contributed by atoms with E-state index in [0.29, 0.717) is 0 Å². The molecule has 0 aliphatic heterocycles. The number of carboxylic acids is 1. The van der Waals surface area contributed by atoms with Crippen molar-refractivity contribution in [2.75, 3.05) is 0 Å². The minimum atomic E-state index is -4.46. The van der Waals surface area contributed by atoms with E-state index in [1.165, 1.54) is 36.4 Å². The highest BCUT2D eigenvalue weighted by Gasteiger charge is 2.30. The number of aliphatic hydroxyl groups excluding tert-OH is 1. The van der Waals surface area contributed by atoms with E-state index in [2.05, 4.69) is 0 Å². The van der Waals surface area contributed by atoms with Crippen molar-refractivity contribution in [1.82, 2.24) is 0 Å². The molecule has 2 aromatic rings. The monoisotopic (exact) mass is 312 g/mol. The van der Waals surface area contributed by atoms with Crippen LogP contribution in [-0.2, 0) is 11.0 Å². The van der Waals surface area contributed by atoms with Crippen molar-refractivity contribution in [1.29, 1.82) is 0 Å². The normalized spacial score (nSPS) is 12.7. The Morgan fingerprint density at radius 1 is 1.05 bits per heavy atom. The van der Waals surface area contributed by atoms with Gasteiger partial charge in [0.15, 0.2) is 6.10 Å². The van der Waals surface area contributed by atoms with Gasteiger partial charge in [-0.3, -0.25) is 0 Å². The Morgan fingerprint density at radius 2 is 1.68 bits per heavy atom. The topological polar surface area (TPSA) is 66.8 Å². The Kier molecular flexibility index (Phi) is 4.37. The summed E-state index contributed by atoms with van der Waals surface area (Å²) in [6.07, 6.45) is -6.13. The molecule has 116 valence electrons. The molecular weight excluding hydrogens is 301 g/mol. The second-order valence-corrected chi connectivity index (χ2v) is 4.44. The zero-order valence-corrected chi connectivity index (χ0v) is 11.0. The lowest BCUT2D eigenvalue weighted by Gasteiger charge is -2.11. The SMILES string of the molecule is O=C(O)C(O)c1ccc(Oc2cccc(C(F)(F)F)c2)cc1. The molecule has 0 amide bonds. The van der Waals surface area contributed by atoms with Gasteiger partial charge < -0.3 is 14.9 Å².